The predicted octanol–water partition coefficient (Wildman–Crippen LogP) is 4.63. The molecule has 13 nitrogen and oxygen atoms in total. The number of esters is 2. The van der Waals surface area contributed by atoms with Crippen LogP contribution in [0.5, 0.6) is 17.2 Å². The first kappa shape index (κ1) is 36.2. The van der Waals surface area contributed by atoms with Crippen molar-refractivity contribution >= 4 is 44.9 Å². The molecule has 2 aromatic carbocycles. The highest BCUT2D eigenvalue weighted by molar-refractivity contribution is 9.10. The molecule has 0 unspecified atom stereocenters. The van der Waals surface area contributed by atoms with Crippen LogP contribution in [0, 0.1) is 0 Å². The van der Waals surface area contributed by atoms with Crippen LogP contribution < -0.4 is 10.9 Å². The first-order valence-corrected chi connectivity index (χ1v) is 15.1. The molecular formula is C32H39BrN2O11. The second-order valence-corrected chi connectivity index (χ2v) is 13.4. The highest BCUT2D eigenvalue weighted by atomic mass is 79.9. The third kappa shape index (κ3) is 10.9. The van der Waals surface area contributed by atoms with Crippen LogP contribution >= 0.6 is 15.9 Å². The van der Waals surface area contributed by atoms with E-state index >= 15 is 0 Å². The summed E-state index contributed by atoms with van der Waals surface area (Å²) < 4.78 is 21.9. The minimum absolute atomic E-state index is 0.0299. The maximum atomic E-state index is 12.7. The topological polar surface area (TPSA) is 185 Å². The number of benzene rings is 2. The average molecular weight is 708 g/mol. The summed E-state index contributed by atoms with van der Waals surface area (Å²) in [5, 5.41) is 33.0. The number of rotatable bonds is 11. The third-order valence-corrected chi connectivity index (χ3v) is 6.76. The van der Waals surface area contributed by atoms with Crippen LogP contribution in [0.15, 0.2) is 44.0 Å². The lowest BCUT2D eigenvalue weighted by molar-refractivity contribution is -0.160. The van der Waals surface area contributed by atoms with E-state index < -0.39 is 34.9 Å². The lowest BCUT2D eigenvalue weighted by Gasteiger charge is -2.26. The highest BCUT2D eigenvalue weighted by Gasteiger charge is 2.26. The molecule has 4 N–H and O–H groups in total. The maximum absolute atomic E-state index is 12.7. The molecule has 0 aliphatic carbocycles. The molecule has 1 aromatic heterocycles. The largest absolute Gasteiger partial charge is 0.506 e. The summed E-state index contributed by atoms with van der Waals surface area (Å²) in [6, 6.07) is 6.97. The highest BCUT2D eigenvalue weighted by Crippen LogP contribution is 2.37. The van der Waals surface area contributed by atoms with Gasteiger partial charge in [-0.15, -0.1) is 0 Å². The number of carbonyl (C=O) groups excluding carboxylic acids is 3. The normalized spacial score (nSPS) is 11.8. The fourth-order valence-corrected chi connectivity index (χ4v) is 4.85. The van der Waals surface area contributed by atoms with Crippen LogP contribution in [-0.2, 0) is 43.4 Å². The Kier molecular flexibility index (Phi) is 11.7. The zero-order chi connectivity index (χ0) is 34.4. The van der Waals surface area contributed by atoms with Crippen LogP contribution in [0.4, 0.5) is 4.79 Å². The summed E-state index contributed by atoms with van der Waals surface area (Å²) in [6.07, 6.45) is -0.428. The molecule has 0 fully saturated rings. The van der Waals surface area contributed by atoms with Gasteiger partial charge < -0.3 is 39.3 Å². The standard InChI is InChI=1S/C32H39BrN2O11/c1-31(2,3)45-26(39)15-35(16-27(40)46-32(4,5)6)14-21-28(41)22(33)13-20-19(12-25(38)44-29(20)21)17-43-30(42)34-10-9-18-7-8-23(36)24(37)11-18/h7-8,11-13,36-37,41H,9-10,14-17H2,1-6H3,(H,34,42). The molecule has 0 aliphatic rings. The van der Waals surface area contributed by atoms with Crippen molar-refractivity contribution in [2.24, 2.45) is 0 Å². The van der Waals surface area contributed by atoms with Gasteiger partial charge in [0.25, 0.3) is 0 Å². The predicted molar refractivity (Wildman–Crippen MR) is 170 cm³/mol. The van der Waals surface area contributed by atoms with Gasteiger partial charge in [-0.1, -0.05) is 6.07 Å². The van der Waals surface area contributed by atoms with E-state index in [9.17, 15) is 34.5 Å². The summed E-state index contributed by atoms with van der Waals surface area (Å²) in [4.78, 5) is 51.9. The van der Waals surface area contributed by atoms with E-state index in [-0.39, 0.29) is 71.2 Å². The number of fused-ring (bicyclic) bond motifs is 1. The van der Waals surface area contributed by atoms with E-state index in [1.165, 1.54) is 23.1 Å². The molecule has 14 heteroatoms. The van der Waals surface area contributed by atoms with Gasteiger partial charge >= 0.3 is 23.7 Å². The number of hydrogen-bond acceptors (Lipinski definition) is 12. The van der Waals surface area contributed by atoms with Crippen molar-refractivity contribution in [3.8, 4) is 17.2 Å². The van der Waals surface area contributed by atoms with E-state index in [4.69, 9.17) is 18.6 Å². The number of nitrogens with one attached hydrogen (secondary N) is 1. The Labute approximate surface area is 274 Å². The van der Waals surface area contributed by atoms with Crippen LogP contribution in [0.25, 0.3) is 11.0 Å². The van der Waals surface area contributed by atoms with Gasteiger partial charge in [-0.05, 0) is 87.7 Å². The van der Waals surface area contributed by atoms with Crippen LogP contribution in [-0.4, -0.2) is 69.1 Å². The van der Waals surface area contributed by atoms with Gasteiger partial charge in [-0.3, -0.25) is 14.5 Å². The molecule has 0 bridgehead atoms. The number of alkyl carbamates (subject to hydrolysis) is 1. The fourth-order valence-electron chi connectivity index (χ4n) is 4.38. The van der Waals surface area contributed by atoms with Crippen LogP contribution in [0.3, 0.4) is 0 Å². The van der Waals surface area contributed by atoms with Crippen molar-refractivity contribution in [3.05, 3.63) is 61.9 Å². The minimum atomic E-state index is -0.790. The average Bonchev–Trinajstić information content (AvgIpc) is 2.90. The number of carbonyl (C=O) groups is 3. The van der Waals surface area contributed by atoms with E-state index in [0.717, 1.165) is 6.07 Å². The van der Waals surface area contributed by atoms with Crippen molar-refractivity contribution < 1.29 is 48.3 Å². The number of phenolic OH excluding ortho intramolecular Hbond substituents is 3. The van der Waals surface area contributed by atoms with Crippen molar-refractivity contribution in [2.75, 3.05) is 19.6 Å². The Balaban J connectivity index is 1.84. The molecule has 0 atom stereocenters. The number of phenols is 3. The van der Waals surface area contributed by atoms with Gasteiger partial charge in [0.1, 0.15) is 29.1 Å². The van der Waals surface area contributed by atoms with Gasteiger partial charge in [-0.2, -0.15) is 0 Å². The monoisotopic (exact) mass is 706 g/mol. The Morgan fingerprint density at radius 3 is 2.09 bits per heavy atom. The van der Waals surface area contributed by atoms with Gasteiger partial charge in [0.05, 0.1) is 23.1 Å². The van der Waals surface area contributed by atoms with Crippen molar-refractivity contribution in [3.63, 3.8) is 0 Å². The molecule has 1 amide bonds. The Morgan fingerprint density at radius 2 is 1.52 bits per heavy atom. The number of nitrogens with zero attached hydrogens (tertiary/aromatic N) is 1. The third-order valence-electron chi connectivity index (χ3n) is 6.15. The molecule has 0 saturated heterocycles. The smallest absolute Gasteiger partial charge is 0.407 e. The molecule has 250 valence electrons. The Hall–Kier alpha value is -4.30. The van der Waals surface area contributed by atoms with E-state index in [1.807, 2.05) is 0 Å². The zero-order valence-corrected chi connectivity index (χ0v) is 28.1. The minimum Gasteiger partial charge on any atom is -0.506 e. The van der Waals surface area contributed by atoms with Crippen molar-refractivity contribution in [1.29, 1.82) is 0 Å². The lowest BCUT2D eigenvalue weighted by atomic mass is 10.0. The second-order valence-electron chi connectivity index (χ2n) is 12.5. The summed E-state index contributed by atoms with van der Waals surface area (Å²) in [5.74, 6) is -2.07. The van der Waals surface area contributed by atoms with Crippen molar-refractivity contribution in [1.82, 2.24) is 10.2 Å². The van der Waals surface area contributed by atoms with Gasteiger partial charge in [-0.25, -0.2) is 9.59 Å². The number of halogens is 1. The summed E-state index contributed by atoms with van der Waals surface area (Å²) >= 11 is 3.31. The van der Waals surface area contributed by atoms with Gasteiger partial charge in [0.2, 0.25) is 0 Å². The van der Waals surface area contributed by atoms with E-state index in [2.05, 4.69) is 21.2 Å². The van der Waals surface area contributed by atoms with Gasteiger partial charge in [0, 0.05) is 30.1 Å². The molecule has 46 heavy (non-hydrogen) atoms. The number of ether oxygens (including phenoxy) is 3. The molecule has 0 saturated carbocycles. The first-order valence-electron chi connectivity index (χ1n) is 14.4. The van der Waals surface area contributed by atoms with Crippen LogP contribution in [0.1, 0.15) is 58.2 Å². The maximum Gasteiger partial charge on any atom is 0.407 e. The summed E-state index contributed by atoms with van der Waals surface area (Å²) in [5.41, 5.74) is -1.35. The van der Waals surface area contributed by atoms with Crippen molar-refractivity contribution in [2.45, 2.75) is 72.3 Å². The lowest BCUT2D eigenvalue weighted by Crippen LogP contribution is -2.39. The zero-order valence-electron chi connectivity index (χ0n) is 26.6. The molecule has 1 heterocycles. The molecule has 0 radical (unpaired) electrons. The molecule has 0 spiro atoms. The molecule has 3 rings (SSSR count). The quantitative estimate of drug-likeness (QED) is 0.0940. The SMILES string of the molecule is CC(C)(C)OC(=O)CN(CC(=O)OC(C)(C)C)Cc1c(O)c(Br)cc2c(COC(=O)NCCc3ccc(O)c(O)c3)cc(=O)oc12. The molecular weight excluding hydrogens is 668 g/mol. The number of hydrogen-bond donors (Lipinski definition) is 4. The summed E-state index contributed by atoms with van der Waals surface area (Å²) in [6.45, 7) is 9.15. The molecule has 3 aromatic rings. The molecule has 0 aliphatic heterocycles. The van der Waals surface area contributed by atoms with Crippen LogP contribution in [0.2, 0.25) is 0 Å². The Bertz CT molecular complexity index is 1620. The fraction of sp³-hybridized carbons (Fsp3) is 0.438. The number of amides is 1. The van der Waals surface area contributed by atoms with E-state index in [0.29, 0.717) is 17.4 Å². The van der Waals surface area contributed by atoms with Gasteiger partial charge in [0.15, 0.2) is 11.5 Å². The Morgan fingerprint density at radius 1 is 0.913 bits per heavy atom. The number of aromatic hydroxyl groups is 3. The second kappa shape index (κ2) is 14.9. The van der Waals surface area contributed by atoms with E-state index in [1.54, 1.807) is 47.6 Å². The first-order chi connectivity index (χ1) is 21.3. The summed E-state index contributed by atoms with van der Waals surface area (Å²) in [7, 11) is 0.